The first-order valence-electron chi connectivity index (χ1n) is 6.75. The van der Waals surface area contributed by atoms with Crippen molar-refractivity contribution in [3.8, 4) is 0 Å². The maximum atomic E-state index is 12.0. The third-order valence-corrected chi connectivity index (χ3v) is 4.37. The van der Waals surface area contributed by atoms with Crippen LogP contribution in [0, 0.1) is 17.8 Å². The molecule has 0 spiro atoms. The largest absolute Gasteiger partial charge is 0.481 e. The van der Waals surface area contributed by atoms with Gasteiger partial charge in [-0.05, 0) is 44.4 Å². The van der Waals surface area contributed by atoms with Gasteiger partial charge in [0.25, 0.3) is 0 Å². The van der Waals surface area contributed by atoms with Gasteiger partial charge in [-0.25, -0.2) is 0 Å². The summed E-state index contributed by atoms with van der Waals surface area (Å²) in [6.45, 7) is 3.76. The van der Waals surface area contributed by atoms with Gasteiger partial charge in [0.2, 0.25) is 5.91 Å². The predicted octanol–water partition coefficient (Wildman–Crippen LogP) is 1.96. The molecule has 2 aliphatic carbocycles. The van der Waals surface area contributed by atoms with Crippen LogP contribution in [0.15, 0.2) is 11.6 Å². The molecule has 2 N–H and O–H groups in total. The van der Waals surface area contributed by atoms with Gasteiger partial charge in [-0.2, -0.15) is 0 Å². The monoisotopic (exact) mass is 251 g/mol. The highest BCUT2D eigenvalue weighted by atomic mass is 16.4. The summed E-state index contributed by atoms with van der Waals surface area (Å²) in [6, 6.07) is -0.172. The number of aliphatic carboxylic acids is 1. The molecule has 18 heavy (non-hydrogen) atoms. The lowest BCUT2D eigenvalue weighted by Crippen LogP contribution is -2.47. The molecular formula is C14H21NO3. The van der Waals surface area contributed by atoms with Gasteiger partial charge >= 0.3 is 5.97 Å². The zero-order chi connectivity index (χ0) is 13.3. The molecule has 2 rings (SSSR count). The van der Waals surface area contributed by atoms with Crippen LogP contribution in [-0.4, -0.2) is 23.0 Å². The van der Waals surface area contributed by atoms with E-state index >= 15 is 0 Å². The Kier molecular flexibility index (Phi) is 3.73. The predicted molar refractivity (Wildman–Crippen MR) is 67.9 cm³/mol. The van der Waals surface area contributed by atoms with Crippen molar-refractivity contribution in [2.45, 2.75) is 45.6 Å². The van der Waals surface area contributed by atoms with E-state index in [2.05, 4.69) is 5.32 Å². The number of amides is 1. The molecule has 4 nitrogen and oxygen atoms in total. The van der Waals surface area contributed by atoms with Gasteiger partial charge in [-0.15, -0.1) is 0 Å². The summed E-state index contributed by atoms with van der Waals surface area (Å²) >= 11 is 0. The number of nitrogens with one attached hydrogen (secondary N) is 1. The van der Waals surface area contributed by atoms with Gasteiger partial charge in [-0.1, -0.05) is 13.0 Å². The maximum absolute atomic E-state index is 12.0. The van der Waals surface area contributed by atoms with E-state index in [1.165, 1.54) is 0 Å². The highest BCUT2D eigenvalue weighted by Crippen LogP contribution is 2.48. The molecule has 0 heterocycles. The number of hydrogen-bond acceptors (Lipinski definition) is 2. The van der Waals surface area contributed by atoms with Gasteiger partial charge in [0.05, 0.1) is 5.92 Å². The normalized spacial score (nSPS) is 34.7. The lowest BCUT2D eigenvalue weighted by atomic mass is 9.84. The van der Waals surface area contributed by atoms with Gasteiger partial charge in [0, 0.05) is 11.6 Å². The van der Waals surface area contributed by atoms with Crippen molar-refractivity contribution in [3.05, 3.63) is 11.6 Å². The van der Waals surface area contributed by atoms with E-state index in [0.717, 1.165) is 25.7 Å². The summed E-state index contributed by atoms with van der Waals surface area (Å²) in [6.07, 6.45) is 5.70. The summed E-state index contributed by atoms with van der Waals surface area (Å²) in [4.78, 5) is 23.3. The van der Waals surface area contributed by atoms with Gasteiger partial charge < -0.3 is 10.4 Å². The van der Waals surface area contributed by atoms with E-state index in [1.54, 1.807) is 6.92 Å². The van der Waals surface area contributed by atoms with Crippen LogP contribution < -0.4 is 5.32 Å². The molecule has 4 atom stereocenters. The minimum absolute atomic E-state index is 0.111. The number of carbonyl (C=O) groups excluding carboxylic acids is 1. The van der Waals surface area contributed by atoms with Crippen molar-refractivity contribution in [2.24, 2.45) is 17.8 Å². The maximum Gasteiger partial charge on any atom is 0.308 e. The third-order valence-electron chi connectivity index (χ3n) is 4.37. The number of hydrogen-bond donors (Lipinski definition) is 2. The summed E-state index contributed by atoms with van der Waals surface area (Å²) in [7, 11) is 0. The standard InChI is InChI=1S/C14H21NO3/c1-3-4-8(2)13(16)15-12-10-6-5-9(7-10)11(12)14(17)18/h4,9-12H,3,5-7H2,1-2H3,(H,15,16)(H,17,18). The molecule has 0 saturated heterocycles. The second-order valence-corrected chi connectivity index (χ2v) is 5.49. The third kappa shape index (κ3) is 2.28. The second kappa shape index (κ2) is 5.12. The van der Waals surface area contributed by atoms with Gasteiger partial charge in [-0.3, -0.25) is 9.59 Å². The summed E-state index contributed by atoms with van der Waals surface area (Å²) in [5.74, 6) is -0.643. The van der Waals surface area contributed by atoms with Crippen LogP contribution in [0.25, 0.3) is 0 Å². The van der Waals surface area contributed by atoms with E-state index in [9.17, 15) is 14.7 Å². The molecule has 0 radical (unpaired) electrons. The van der Waals surface area contributed by atoms with E-state index < -0.39 is 5.97 Å². The first-order valence-corrected chi connectivity index (χ1v) is 6.75. The van der Waals surface area contributed by atoms with E-state index in [4.69, 9.17) is 0 Å². The molecule has 2 bridgehead atoms. The number of allylic oxidation sites excluding steroid dienone is 1. The molecule has 4 heteroatoms. The number of rotatable bonds is 4. The number of carboxylic acids is 1. The Hall–Kier alpha value is -1.32. The zero-order valence-corrected chi connectivity index (χ0v) is 11.0. The minimum atomic E-state index is -0.760. The average molecular weight is 251 g/mol. The van der Waals surface area contributed by atoms with Crippen LogP contribution in [0.1, 0.15) is 39.5 Å². The highest BCUT2D eigenvalue weighted by Gasteiger charge is 2.51. The Bertz CT molecular complexity index is 389. The topological polar surface area (TPSA) is 66.4 Å². The van der Waals surface area contributed by atoms with E-state index in [-0.39, 0.29) is 23.8 Å². The molecule has 1 amide bonds. The molecule has 0 aromatic rings. The fourth-order valence-corrected chi connectivity index (χ4v) is 3.52. The van der Waals surface area contributed by atoms with Crippen molar-refractivity contribution in [1.29, 1.82) is 0 Å². The van der Waals surface area contributed by atoms with Crippen LogP contribution in [-0.2, 0) is 9.59 Å². The lowest BCUT2D eigenvalue weighted by molar-refractivity contribution is -0.144. The fraction of sp³-hybridized carbons (Fsp3) is 0.714. The molecule has 0 aromatic heterocycles. The molecular weight excluding hydrogens is 230 g/mol. The molecule has 0 aromatic carbocycles. The van der Waals surface area contributed by atoms with E-state index in [1.807, 2.05) is 13.0 Å². The zero-order valence-electron chi connectivity index (χ0n) is 11.0. The number of carboxylic acid groups (broad SMARTS) is 1. The molecule has 2 aliphatic rings. The molecule has 2 fully saturated rings. The average Bonchev–Trinajstić information content (AvgIpc) is 2.89. The SMILES string of the molecule is CCC=C(C)C(=O)NC1C2CCC(C2)C1C(=O)O. The van der Waals surface area contributed by atoms with Crippen LogP contribution in [0.2, 0.25) is 0 Å². The Morgan fingerprint density at radius 3 is 2.61 bits per heavy atom. The van der Waals surface area contributed by atoms with Crippen LogP contribution in [0.3, 0.4) is 0 Å². The Morgan fingerprint density at radius 2 is 2.00 bits per heavy atom. The van der Waals surface area contributed by atoms with Crippen LogP contribution >= 0.6 is 0 Å². The lowest BCUT2D eigenvalue weighted by Gasteiger charge is -2.29. The van der Waals surface area contributed by atoms with Crippen molar-refractivity contribution in [1.82, 2.24) is 5.32 Å². The Morgan fingerprint density at radius 1 is 1.33 bits per heavy atom. The summed E-state index contributed by atoms with van der Waals surface area (Å²) in [5.41, 5.74) is 0.685. The van der Waals surface area contributed by atoms with Crippen molar-refractivity contribution < 1.29 is 14.7 Å². The summed E-state index contributed by atoms with van der Waals surface area (Å²) < 4.78 is 0. The molecule has 2 saturated carbocycles. The van der Waals surface area contributed by atoms with E-state index in [0.29, 0.717) is 11.5 Å². The number of fused-ring (bicyclic) bond motifs is 2. The number of carbonyl (C=O) groups is 2. The highest BCUT2D eigenvalue weighted by molar-refractivity contribution is 5.93. The Labute approximate surface area is 107 Å². The quantitative estimate of drug-likeness (QED) is 0.751. The molecule has 4 unspecified atom stereocenters. The fourth-order valence-electron chi connectivity index (χ4n) is 3.52. The van der Waals surface area contributed by atoms with Crippen molar-refractivity contribution in [2.75, 3.05) is 0 Å². The van der Waals surface area contributed by atoms with Crippen molar-refractivity contribution in [3.63, 3.8) is 0 Å². The molecule has 0 aliphatic heterocycles. The second-order valence-electron chi connectivity index (χ2n) is 5.49. The minimum Gasteiger partial charge on any atom is -0.481 e. The first kappa shape index (κ1) is 13.1. The van der Waals surface area contributed by atoms with Crippen molar-refractivity contribution >= 4 is 11.9 Å². The smallest absolute Gasteiger partial charge is 0.308 e. The van der Waals surface area contributed by atoms with Gasteiger partial charge in [0.15, 0.2) is 0 Å². The first-order chi connectivity index (χ1) is 8.54. The Balaban J connectivity index is 2.06. The molecule has 100 valence electrons. The van der Waals surface area contributed by atoms with Crippen LogP contribution in [0.5, 0.6) is 0 Å². The van der Waals surface area contributed by atoms with Gasteiger partial charge in [0.1, 0.15) is 0 Å². The summed E-state index contributed by atoms with van der Waals surface area (Å²) in [5, 5.41) is 12.2. The van der Waals surface area contributed by atoms with Crippen LogP contribution in [0.4, 0.5) is 0 Å².